The molecule has 2 aromatic heterocycles. The van der Waals surface area contributed by atoms with E-state index in [1.165, 1.54) is 11.9 Å². The van der Waals surface area contributed by atoms with Gasteiger partial charge in [0, 0.05) is 61.5 Å². The number of carbonyl (C=O) groups excluding carboxylic acids is 3. The van der Waals surface area contributed by atoms with Crippen LogP contribution in [0, 0.1) is 6.92 Å². The van der Waals surface area contributed by atoms with Gasteiger partial charge in [0.05, 0.1) is 6.04 Å². The zero-order valence-corrected chi connectivity index (χ0v) is 21.1. The molecule has 4 heterocycles. The Labute approximate surface area is 215 Å². The van der Waals surface area contributed by atoms with Crippen LogP contribution in [-0.2, 0) is 9.59 Å². The number of hydrogen-bond donors (Lipinski definition) is 1. The summed E-state index contributed by atoms with van der Waals surface area (Å²) in [5, 5.41) is 1.07. The molecule has 2 N–H and O–H groups in total. The number of nitrogens with two attached hydrogens (primary N) is 1. The topological polar surface area (TPSA) is 102 Å². The molecule has 1 atom stereocenters. The van der Waals surface area contributed by atoms with Gasteiger partial charge in [0.25, 0.3) is 11.8 Å². The van der Waals surface area contributed by atoms with Gasteiger partial charge >= 0.3 is 0 Å². The average molecular weight is 514 g/mol. The number of nitrogens with zero attached hydrogens (tertiary/aromatic N) is 4. The summed E-state index contributed by atoms with van der Waals surface area (Å²) < 4.78 is 26.7. The number of halogens is 2. The normalized spacial score (nSPS) is 18.4. The van der Waals surface area contributed by atoms with Crippen LogP contribution in [0.1, 0.15) is 41.6 Å². The summed E-state index contributed by atoms with van der Waals surface area (Å²) >= 11 is 0. The minimum absolute atomic E-state index is 0.0864. The van der Waals surface area contributed by atoms with Crippen molar-refractivity contribution in [2.24, 2.45) is 5.73 Å². The molecule has 10 heteroatoms. The molecule has 0 spiro atoms. The summed E-state index contributed by atoms with van der Waals surface area (Å²) in [5.74, 6) is -2.63. The van der Waals surface area contributed by atoms with E-state index >= 15 is 0 Å². The molecule has 2 aliphatic rings. The first kappa shape index (κ1) is 27.9. The summed E-state index contributed by atoms with van der Waals surface area (Å²) in [5.41, 5.74) is 7.96. The van der Waals surface area contributed by atoms with Crippen molar-refractivity contribution in [3.8, 4) is 5.69 Å². The highest BCUT2D eigenvalue weighted by Crippen LogP contribution is 2.27. The Morgan fingerprint density at radius 1 is 1.11 bits per heavy atom. The number of amides is 2. The van der Waals surface area contributed by atoms with Crippen LogP contribution in [0.2, 0.25) is 0 Å². The van der Waals surface area contributed by atoms with Crippen LogP contribution >= 0.6 is 0 Å². The fourth-order valence-corrected chi connectivity index (χ4v) is 4.44. The molecule has 5 rings (SSSR count). The predicted molar refractivity (Wildman–Crippen MR) is 138 cm³/mol. The van der Waals surface area contributed by atoms with Crippen LogP contribution < -0.4 is 5.73 Å². The van der Waals surface area contributed by atoms with Crippen LogP contribution in [0.3, 0.4) is 0 Å². The molecule has 37 heavy (non-hydrogen) atoms. The summed E-state index contributed by atoms with van der Waals surface area (Å²) in [6.07, 6.45) is 6.55. The second-order valence-electron chi connectivity index (χ2n) is 9.00. The number of hydrogen-bond acceptors (Lipinski definition) is 5. The number of likely N-dealkylation sites (tertiary alicyclic amines) is 2. The molecule has 8 nitrogen and oxygen atoms in total. The van der Waals surface area contributed by atoms with Crippen molar-refractivity contribution in [3.05, 3.63) is 59.9 Å². The number of alkyl halides is 2. The van der Waals surface area contributed by atoms with E-state index in [4.69, 9.17) is 0 Å². The zero-order chi connectivity index (χ0) is 27.0. The number of rotatable bonds is 4. The van der Waals surface area contributed by atoms with Gasteiger partial charge in [-0.2, -0.15) is 0 Å². The minimum Gasteiger partial charge on any atom is -0.345 e. The van der Waals surface area contributed by atoms with E-state index in [1.807, 2.05) is 48.1 Å². The van der Waals surface area contributed by atoms with E-state index in [-0.39, 0.29) is 37.9 Å². The quantitative estimate of drug-likeness (QED) is 0.538. The maximum absolute atomic E-state index is 12.8. The predicted octanol–water partition coefficient (Wildman–Crippen LogP) is 3.59. The van der Waals surface area contributed by atoms with E-state index in [1.54, 1.807) is 11.0 Å². The maximum atomic E-state index is 12.8. The second kappa shape index (κ2) is 12.5. The molecule has 2 saturated heterocycles. The van der Waals surface area contributed by atoms with Gasteiger partial charge in [-0.1, -0.05) is 6.07 Å². The second-order valence-corrected chi connectivity index (χ2v) is 9.00. The smallest absolute Gasteiger partial charge is 0.254 e. The Balaban J connectivity index is 0.000000266. The Morgan fingerprint density at radius 2 is 1.84 bits per heavy atom. The molecule has 3 aromatic rings. The molecular formula is C27H33F2N5O3. The third-order valence-corrected chi connectivity index (χ3v) is 6.43. The monoisotopic (exact) mass is 513 g/mol. The van der Waals surface area contributed by atoms with Crippen molar-refractivity contribution in [2.45, 2.75) is 44.6 Å². The SMILES string of the molecule is CN.Cc1cnc2c(ccn2-c2cccc(C(=O)N3CCCC3C=O)c2)c1.O=CN1CCC(F)(F)CC1. The lowest BCUT2D eigenvalue weighted by Gasteiger charge is -2.28. The number of aryl methyl sites for hydroxylation is 1. The number of pyridine rings is 1. The Hall–Kier alpha value is -3.66. The molecule has 198 valence electrons. The molecule has 2 fully saturated rings. The van der Waals surface area contributed by atoms with Crippen LogP contribution in [0.25, 0.3) is 16.7 Å². The van der Waals surface area contributed by atoms with E-state index < -0.39 is 5.92 Å². The standard InChI is InChI=1S/C20H19N3O2.C6H9F2NO.CH5N/c1-14-10-15-7-9-22(19(15)21-12-14)17-5-2-4-16(11-17)20(25)23-8-3-6-18(23)13-24;7-6(8)1-3-9(5-10)4-2-6;1-2/h2,4-5,7,9-13,18H,3,6,8H2,1H3;5H,1-4H2;2H2,1H3. The molecule has 1 unspecified atom stereocenters. The Bertz CT molecular complexity index is 1220. The van der Waals surface area contributed by atoms with Gasteiger partial charge in [-0.15, -0.1) is 0 Å². The number of aromatic nitrogens is 2. The lowest BCUT2D eigenvalue weighted by molar-refractivity contribution is -0.124. The first-order chi connectivity index (χ1) is 17.8. The van der Waals surface area contributed by atoms with Crippen molar-refractivity contribution in [1.82, 2.24) is 19.4 Å². The van der Waals surface area contributed by atoms with Crippen LogP contribution in [0.5, 0.6) is 0 Å². The summed E-state index contributed by atoms with van der Waals surface area (Å²) in [4.78, 5) is 41.6. The fraction of sp³-hybridized carbons (Fsp3) is 0.407. The number of benzene rings is 1. The van der Waals surface area contributed by atoms with Crippen molar-refractivity contribution < 1.29 is 23.2 Å². The van der Waals surface area contributed by atoms with Gasteiger partial charge < -0.3 is 24.9 Å². The molecule has 0 aliphatic carbocycles. The van der Waals surface area contributed by atoms with Gasteiger partial charge in [0.2, 0.25) is 6.41 Å². The lowest BCUT2D eigenvalue weighted by atomic mass is 10.1. The van der Waals surface area contributed by atoms with Crippen molar-refractivity contribution in [3.63, 3.8) is 0 Å². The van der Waals surface area contributed by atoms with Crippen molar-refractivity contribution in [1.29, 1.82) is 0 Å². The minimum atomic E-state index is -2.54. The zero-order valence-electron chi connectivity index (χ0n) is 21.1. The van der Waals surface area contributed by atoms with Crippen molar-refractivity contribution >= 4 is 29.6 Å². The number of carbonyl (C=O) groups is 3. The average Bonchev–Trinajstić information content (AvgIpc) is 3.57. The van der Waals surface area contributed by atoms with Crippen LogP contribution in [0.15, 0.2) is 48.8 Å². The third-order valence-electron chi connectivity index (χ3n) is 6.43. The Kier molecular flexibility index (Phi) is 9.46. The number of fused-ring (bicyclic) bond motifs is 1. The van der Waals surface area contributed by atoms with Crippen molar-refractivity contribution in [2.75, 3.05) is 26.7 Å². The maximum Gasteiger partial charge on any atom is 0.254 e. The van der Waals surface area contributed by atoms with Gasteiger partial charge in [0.1, 0.15) is 11.9 Å². The van der Waals surface area contributed by atoms with Gasteiger partial charge in [-0.3, -0.25) is 9.59 Å². The van der Waals surface area contributed by atoms with Gasteiger partial charge in [0.15, 0.2) is 0 Å². The molecule has 0 radical (unpaired) electrons. The van der Waals surface area contributed by atoms with E-state index in [2.05, 4.69) is 16.8 Å². The Morgan fingerprint density at radius 3 is 2.51 bits per heavy atom. The summed E-state index contributed by atoms with van der Waals surface area (Å²) in [6.45, 7) is 3.04. The first-order valence-electron chi connectivity index (χ1n) is 12.3. The number of aldehydes is 1. The number of piperidine rings is 1. The first-order valence-corrected chi connectivity index (χ1v) is 12.3. The molecule has 0 saturated carbocycles. The summed E-state index contributed by atoms with van der Waals surface area (Å²) in [6, 6.07) is 11.3. The largest absolute Gasteiger partial charge is 0.345 e. The van der Waals surface area contributed by atoms with E-state index in [0.29, 0.717) is 18.5 Å². The summed E-state index contributed by atoms with van der Waals surface area (Å²) in [7, 11) is 1.50. The van der Waals surface area contributed by atoms with E-state index in [9.17, 15) is 23.2 Å². The molecular weight excluding hydrogens is 480 g/mol. The molecule has 0 bridgehead atoms. The van der Waals surface area contributed by atoms with Gasteiger partial charge in [-0.05, 0) is 62.7 Å². The fourth-order valence-electron chi connectivity index (χ4n) is 4.44. The third kappa shape index (κ3) is 6.76. The molecule has 1 aromatic carbocycles. The highest BCUT2D eigenvalue weighted by Gasteiger charge is 2.33. The molecule has 2 aliphatic heterocycles. The van der Waals surface area contributed by atoms with Crippen LogP contribution in [0.4, 0.5) is 8.78 Å². The van der Waals surface area contributed by atoms with E-state index in [0.717, 1.165) is 41.4 Å². The van der Waals surface area contributed by atoms with Gasteiger partial charge in [-0.25, -0.2) is 13.8 Å². The highest BCUT2D eigenvalue weighted by atomic mass is 19.3. The molecule has 2 amide bonds. The lowest BCUT2D eigenvalue weighted by Crippen LogP contribution is -2.38. The van der Waals surface area contributed by atoms with Crippen LogP contribution in [-0.4, -0.2) is 76.6 Å². The highest BCUT2D eigenvalue weighted by molar-refractivity contribution is 5.96.